The average molecular weight is 347 g/mol. The topological polar surface area (TPSA) is 88.7 Å². The van der Waals surface area contributed by atoms with Gasteiger partial charge in [0.1, 0.15) is 11.4 Å². The number of amides is 1. The number of carbonyl (C=O) groups is 1. The Balaban J connectivity index is 2.08. The number of aromatic nitrogens is 2. The van der Waals surface area contributed by atoms with E-state index in [0.717, 1.165) is 5.56 Å². The summed E-state index contributed by atoms with van der Waals surface area (Å²) >= 11 is 0. The fourth-order valence-electron chi connectivity index (χ4n) is 2.19. The average Bonchev–Trinajstić information content (AvgIpc) is 2.95. The molecule has 1 N–H and O–H groups in total. The normalized spacial score (nSPS) is 12.7. The number of ether oxygens (including phenoxy) is 1. The minimum Gasteiger partial charge on any atom is -0.507 e. The second kappa shape index (κ2) is 7.13. The van der Waals surface area contributed by atoms with E-state index in [1.807, 2.05) is 33.8 Å². The van der Waals surface area contributed by atoms with E-state index in [9.17, 15) is 9.90 Å². The van der Waals surface area contributed by atoms with Crippen molar-refractivity contribution in [2.75, 3.05) is 7.05 Å². The largest absolute Gasteiger partial charge is 0.507 e. The van der Waals surface area contributed by atoms with Gasteiger partial charge in [0.05, 0.1) is 5.56 Å². The molecule has 0 aliphatic heterocycles. The van der Waals surface area contributed by atoms with Crippen molar-refractivity contribution in [3.63, 3.8) is 0 Å². The van der Waals surface area contributed by atoms with Gasteiger partial charge in [-0.2, -0.15) is 4.98 Å². The number of nitrogens with zero attached hydrogens (tertiary/aromatic N) is 3. The van der Waals surface area contributed by atoms with Crippen LogP contribution in [-0.2, 0) is 11.2 Å². The van der Waals surface area contributed by atoms with Gasteiger partial charge < -0.3 is 19.3 Å². The lowest BCUT2D eigenvalue weighted by molar-refractivity contribution is 0.0234. The van der Waals surface area contributed by atoms with Crippen LogP contribution in [0.1, 0.15) is 39.1 Å². The first kappa shape index (κ1) is 18.8. The molecule has 0 bridgehead atoms. The highest BCUT2D eigenvalue weighted by molar-refractivity contribution is 5.68. The highest BCUT2D eigenvalue weighted by Gasteiger charge is 2.24. The van der Waals surface area contributed by atoms with Crippen molar-refractivity contribution in [1.82, 2.24) is 15.0 Å². The van der Waals surface area contributed by atoms with E-state index in [1.54, 1.807) is 26.1 Å². The summed E-state index contributed by atoms with van der Waals surface area (Å²) in [6, 6.07) is 5.16. The van der Waals surface area contributed by atoms with Crippen molar-refractivity contribution in [2.45, 2.75) is 52.7 Å². The second-order valence-corrected chi connectivity index (χ2v) is 7.13. The second-order valence-electron chi connectivity index (χ2n) is 7.13. The first-order valence-electron chi connectivity index (χ1n) is 8.16. The molecule has 0 aliphatic rings. The van der Waals surface area contributed by atoms with Crippen LogP contribution in [0.15, 0.2) is 22.7 Å². The van der Waals surface area contributed by atoms with Gasteiger partial charge in [0.25, 0.3) is 5.89 Å². The minimum absolute atomic E-state index is 0.122. The van der Waals surface area contributed by atoms with Crippen molar-refractivity contribution in [2.24, 2.45) is 0 Å². The molecule has 7 nitrogen and oxygen atoms in total. The zero-order valence-corrected chi connectivity index (χ0v) is 15.5. The number of phenols is 1. The number of likely N-dealkylation sites (N-methyl/N-ethyl adjacent to an activating group) is 1. The molecule has 1 aromatic carbocycles. The molecule has 0 radical (unpaired) electrons. The van der Waals surface area contributed by atoms with Crippen molar-refractivity contribution < 1.29 is 19.2 Å². The summed E-state index contributed by atoms with van der Waals surface area (Å²) in [5.74, 6) is 0.832. The first-order chi connectivity index (χ1) is 11.6. The van der Waals surface area contributed by atoms with E-state index in [2.05, 4.69) is 10.1 Å². The van der Waals surface area contributed by atoms with E-state index in [1.165, 1.54) is 4.90 Å². The number of carbonyl (C=O) groups excluding carboxylic acids is 1. The minimum atomic E-state index is -0.549. The quantitative estimate of drug-likeness (QED) is 0.910. The molecular formula is C18H25N3O4. The lowest BCUT2D eigenvalue weighted by Crippen LogP contribution is -2.40. The molecule has 7 heteroatoms. The van der Waals surface area contributed by atoms with Crippen molar-refractivity contribution >= 4 is 6.09 Å². The van der Waals surface area contributed by atoms with Gasteiger partial charge in [0, 0.05) is 19.5 Å². The summed E-state index contributed by atoms with van der Waals surface area (Å²) < 4.78 is 10.6. The zero-order valence-electron chi connectivity index (χ0n) is 15.5. The van der Waals surface area contributed by atoms with E-state index >= 15 is 0 Å². The molecule has 25 heavy (non-hydrogen) atoms. The number of rotatable bonds is 4. The summed E-state index contributed by atoms with van der Waals surface area (Å²) in [6.45, 7) is 9.15. The molecule has 1 atom stereocenters. The van der Waals surface area contributed by atoms with Crippen LogP contribution in [0, 0.1) is 6.92 Å². The van der Waals surface area contributed by atoms with Crippen LogP contribution in [0.2, 0.25) is 0 Å². The van der Waals surface area contributed by atoms with E-state index in [-0.39, 0.29) is 17.7 Å². The monoisotopic (exact) mass is 347 g/mol. The lowest BCUT2D eigenvalue weighted by Gasteiger charge is -2.28. The fourth-order valence-corrected chi connectivity index (χ4v) is 2.19. The van der Waals surface area contributed by atoms with Crippen LogP contribution >= 0.6 is 0 Å². The molecule has 0 spiro atoms. The Morgan fingerprint density at radius 1 is 1.40 bits per heavy atom. The van der Waals surface area contributed by atoms with Gasteiger partial charge in [0.15, 0.2) is 5.82 Å². The van der Waals surface area contributed by atoms with Crippen molar-refractivity contribution in [1.29, 1.82) is 0 Å². The predicted molar refractivity (Wildman–Crippen MR) is 93.3 cm³/mol. The maximum Gasteiger partial charge on any atom is 0.410 e. The van der Waals surface area contributed by atoms with Gasteiger partial charge >= 0.3 is 6.09 Å². The third kappa shape index (κ3) is 4.71. The van der Waals surface area contributed by atoms with Gasteiger partial charge in [-0.3, -0.25) is 0 Å². The summed E-state index contributed by atoms with van der Waals surface area (Å²) in [5.41, 5.74) is 0.676. The van der Waals surface area contributed by atoms with E-state index in [0.29, 0.717) is 17.8 Å². The molecule has 1 heterocycles. The summed E-state index contributed by atoms with van der Waals surface area (Å²) in [7, 11) is 1.67. The van der Waals surface area contributed by atoms with Crippen molar-refractivity contribution in [3.05, 3.63) is 29.6 Å². The summed E-state index contributed by atoms with van der Waals surface area (Å²) in [5, 5.41) is 14.1. The third-order valence-corrected chi connectivity index (χ3v) is 3.76. The number of benzene rings is 1. The highest BCUT2D eigenvalue weighted by Crippen LogP contribution is 2.30. The molecular weight excluding hydrogens is 322 g/mol. The molecule has 0 saturated carbocycles. The van der Waals surface area contributed by atoms with E-state index in [4.69, 9.17) is 9.26 Å². The number of aryl methyl sites for hydroxylation is 1. The Bertz CT molecular complexity index is 749. The first-order valence-corrected chi connectivity index (χ1v) is 8.16. The molecule has 1 aromatic heterocycles. The van der Waals surface area contributed by atoms with Crippen LogP contribution < -0.4 is 0 Å². The van der Waals surface area contributed by atoms with Crippen LogP contribution in [0.5, 0.6) is 5.75 Å². The third-order valence-electron chi connectivity index (χ3n) is 3.76. The number of phenolic OH excluding ortho intramolecular Hbond substituents is 1. The SMILES string of the molecule is Cc1cccc(-c2nc(C[C@H](C)N(C)C(=O)OC(C)(C)C)no2)c1O. The van der Waals surface area contributed by atoms with Crippen LogP contribution in [0.25, 0.3) is 11.5 Å². The van der Waals surface area contributed by atoms with Crippen LogP contribution in [0.4, 0.5) is 4.79 Å². The molecule has 2 rings (SSSR count). The van der Waals surface area contributed by atoms with Gasteiger partial charge in [0.2, 0.25) is 0 Å². The number of aromatic hydroxyl groups is 1. The molecule has 2 aromatic rings. The van der Waals surface area contributed by atoms with Crippen molar-refractivity contribution in [3.8, 4) is 17.2 Å². The summed E-state index contributed by atoms with van der Waals surface area (Å²) in [4.78, 5) is 17.9. The standard InChI is InChI=1S/C18H25N3O4/c1-11-8-7-9-13(15(11)22)16-19-14(20-25-16)10-12(2)21(6)17(23)24-18(3,4)5/h7-9,12,22H,10H2,1-6H3/t12-/m0/s1. The molecule has 0 saturated heterocycles. The molecule has 0 aliphatic carbocycles. The Kier molecular flexibility index (Phi) is 5.35. The number of hydrogen-bond acceptors (Lipinski definition) is 6. The number of hydrogen-bond donors (Lipinski definition) is 1. The Hall–Kier alpha value is -2.57. The van der Waals surface area contributed by atoms with Gasteiger partial charge in [-0.25, -0.2) is 4.79 Å². The molecule has 136 valence electrons. The Morgan fingerprint density at radius 2 is 2.08 bits per heavy atom. The van der Waals surface area contributed by atoms with Gasteiger partial charge in [-0.05, 0) is 46.2 Å². The highest BCUT2D eigenvalue weighted by atomic mass is 16.6. The zero-order chi connectivity index (χ0) is 18.8. The Morgan fingerprint density at radius 3 is 2.72 bits per heavy atom. The van der Waals surface area contributed by atoms with Crippen LogP contribution in [0.3, 0.4) is 0 Å². The maximum atomic E-state index is 12.1. The molecule has 0 unspecified atom stereocenters. The number of para-hydroxylation sites is 1. The van der Waals surface area contributed by atoms with Gasteiger partial charge in [-0.15, -0.1) is 0 Å². The molecule has 1 amide bonds. The van der Waals surface area contributed by atoms with Gasteiger partial charge in [-0.1, -0.05) is 17.3 Å². The fraction of sp³-hybridized carbons (Fsp3) is 0.500. The maximum absolute atomic E-state index is 12.1. The van der Waals surface area contributed by atoms with E-state index < -0.39 is 11.7 Å². The molecule has 0 fully saturated rings. The summed E-state index contributed by atoms with van der Waals surface area (Å²) in [6.07, 6.45) is 0.00582. The van der Waals surface area contributed by atoms with Crippen LogP contribution in [-0.4, -0.2) is 44.9 Å². The smallest absolute Gasteiger partial charge is 0.410 e. The lowest BCUT2D eigenvalue weighted by atomic mass is 10.1. The Labute approximate surface area is 147 Å². The predicted octanol–water partition coefficient (Wildman–Crippen LogP) is 3.55.